The summed E-state index contributed by atoms with van der Waals surface area (Å²) in [5.74, 6) is -5.96. The zero-order chi connectivity index (χ0) is 37.5. The molecule has 21 heteroatoms. The summed E-state index contributed by atoms with van der Waals surface area (Å²) in [5.41, 5.74) is 8.55. The molecule has 0 bridgehead atoms. The normalized spacial score (nSPS) is 28.9. The minimum Gasteiger partial charge on any atom is -0.463 e. The topological polar surface area (TPSA) is 270 Å². The van der Waals surface area contributed by atoms with Gasteiger partial charge in [0.2, 0.25) is 0 Å². The molecule has 4 unspecified atom stereocenters. The predicted molar refractivity (Wildman–Crippen MR) is 158 cm³/mol. The molecule has 0 spiro atoms. The van der Waals surface area contributed by atoms with Crippen LogP contribution in [-0.2, 0) is 85.7 Å². The Morgan fingerprint density at radius 3 is 1.42 bits per heavy atom. The number of esters is 7. The van der Waals surface area contributed by atoms with Crippen LogP contribution in [0.1, 0.15) is 54.9 Å². The molecule has 2 fully saturated rings. The van der Waals surface area contributed by atoms with Gasteiger partial charge in [0.1, 0.15) is 31.5 Å². The van der Waals surface area contributed by atoms with E-state index >= 15 is 0 Å². The Balaban J connectivity index is 2.69. The summed E-state index contributed by atoms with van der Waals surface area (Å²) in [6, 6.07) is 0. The summed E-state index contributed by atoms with van der Waals surface area (Å²) in [5, 5.41) is 3.41. The summed E-state index contributed by atoms with van der Waals surface area (Å²) >= 11 is 0. The van der Waals surface area contributed by atoms with Crippen LogP contribution in [0.25, 0.3) is 10.4 Å². The van der Waals surface area contributed by atoms with E-state index in [1.165, 1.54) is 0 Å². The number of azide groups is 1. The average molecular weight is 720 g/mol. The van der Waals surface area contributed by atoms with Crippen LogP contribution in [0.4, 0.5) is 0 Å². The second-order valence-corrected chi connectivity index (χ2v) is 10.8. The lowest BCUT2D eigenvalue weighted by atomic mass is 9.96. The largest absolute Gasteiger partial charge is 0.463 e. The van der Waals surface area contributed by atoms with Crippen molar-refractivity contribution < 1.29 is 85.7 Å². The minimum atomic E-state index is -1.80. The van der Waals surface area contributed by atoms with Gasteiger partial charge in [0.05, 0.1) is 6.61 Å². The zero-order valence-corrected chi connectivity index (χ0v) is 28.5. The summed E-state index contributed by atoms with van der Waals surface area (Å²) < 4.78 is 61.6. The number of hydrogen-bond donors (Lipinski definition) is 0. The van der Waals surface area contributed by atoms with Gasteiger partial charge in [0.25, 0.3) is 0 Å². The van der Waals surface area contributed by atoms with Gasteiger partial charge in [-0.05, 0) is 12.0 Å². The Kier molecular flexibility index (Phi) is 16.8. The van der Waals surface area contributed by atoms with E-state index in [9.17, 15) is 33.6 Å². The third-order valence-corrected chi connectivity index (χ3v) is 6.63. The summed E-state index contributed by atoms with van der Waals surface area (Å²) in [7, 11) is 0. The van der Waals surface area contributed by atoms with Crippen LogP contribution in [0.3, 0.4) is 0 Å². The van der Waals surface area contributed by atoms with Crippen LogP contribution in [-0.4, -0.2) is 130 Å². The lowest BCUT2D eigenvalue weighted by Crippen LogP contribution is -2.67. The number of carbonyl (C=O) groups excluding carboxylic acids is 7. The fraction of sp³-hybridized carbons (Fsp3) is 0.759. The van der Waals surface area contributed by atoms with Gasteiger partial charge in [-0.2, -0.15) is 0 Å². The number of hydrogen-bond acceptors (Lipinski definition) is 19. The third kappa shape index (κ3) is 13.4. The van der Waals surface area contributed by atoms with Gasteiger partial charge >= 0.3 is 41.8 Å². The first-order valence-electron chi connectivity index (χ1n) is 15.3. The monoisotopic (exact) mass is 719 g/mol. The second-order valence-electron chi connectivity index (χ2n) is 10.8. The molecule has 0 aromatic heterocycles. The van der Waals surface area contributed by atoms with Gasteiger partial charge in [-0.3, -0.25) is 33.6 Å². The number of ether oxygens (including phenoxy) is 11. The Morgan fingerprint density at radius 1 is 0.560 bits per heavy atom. The standard InChI is InChI=1S/C29H41N3O18/c1-13(33)41-11-20-22(43-15(3)35)24(44-16(4)36)27(47-19(7)39)29(49-20)50-23-21(12-42-14(2)34)48-28(40-10-8-9-31-32-30)26(46-18(6)38)25(23)45-17(5)37/h20-29H,8-12H2,1-7H3/t20?,21-,22+,23-,24+,25?,26?,27?,28+,29+/m1/s1. The molecule has 0 amide bonds. The van der Waals surface area contributed by atoms with Crippen LogP contribution in [0.15, 0.2) is 5.11 Å². The fourth-order valence-electron chi connectivity index (χ4n) is 4.99. The lowest BCUT2D eigenvalue weighted by Gasteiger charge is -2.48. The van der Waals surface area contributed by atoms with Crippen molar-refractivity contribution in [1.29, 1.82) is 0 Å². The first-order valence-corrected chi connectivity index (χ1v) is 15.3. The minimum absolute atomic E-state index is 0.0420. The molecule has 21 nitrogen and oxygen atoms in total. The molecule has 2 heterocycles. The zero-order valence-electron chi connectivity index (χ0n) is 28.5. The maximum Gasteiger partial charge on any atom is 0.303 e. The van der Waals surface area contributed by atoms with Crippen molar-refractivity contribution >= 4 is 41.8 Å². The van der Waals surface area contributed by atoms with Crippen molar-refractivity contribution in [3.05, 3.63) is 10.4 Å². The number of nitrogens with zero attached hydrogens (tertiary/aromatic N) is 3. The van der Waals surface area contributed by atoms with Crippen molar-refractivity contribution in [2.45, 2.75) is 116 Å². The van der Waals surface area contributed by atoms with Crippen LogP contribution in [0.2, 0.25) is 0 Å². The quantitative estimate of drug-likeness (QED) is 0.0519. The van der Waals surface area contributed by atoms with Crippen molar-refractivity contribution in [3.63, 3.8) is 0 Å². The summed E-state index contributed by atoms with van der Waals surface area (Å²) in [6.07, 6.45) is -15.4. The highest BCUT2D eigenvalue weighted by atomic mass is 16.8. The van der Waals surface area contributed by atoms with E-state index in [2.05, 4.69) is 10.0 Å². The average Bonchev–Trinajstić information content (AvgIpc) is 2.99. The van der Waals surface area contributed by atoms with E-state index in [0.717, 1.165) is 48.5 Å². The predicted octanol–water partition coefficient (Wildman–Crippen LogP) is 0.323. The molecule has 280 valence electrons. The van der Waals surface area contributed by atoms with Gasteiger partial charge < -0.3 is 52.1 Å². The van der Waals surface area contributed by atoms with Gasteiger partial charge in [-0.25, -0.2) is 0 Å². The summed E-state index contributed by atoms with van der Waals surface area (Å²) in [6.45, 7) is 6.20. The van der Waals surface area contributed by atoms with Crippen LogP contribution in [0.5, 0.6) is 0 Å². The maximum absolute atomic E-state index is 12.4. The Morgan fingerprint density at radius 2 is 0.960 bits per heavy atom. The lowest BCUT2D eigenvalue weighted by molar-refractivity contribution is -0.361. The van der Waals surface area contributed by atoms with E-state index in [1.54, 1.807) is 0 Å². The van der Waals surface area contributed by atoms with Gasteiger partial charge in [-0.15, -0.1) is 0 Å². The first kappa shape index (κ1) is 41.6. The van der Waals surface area contributed by atoms with Gasteiger partial charge in [0.15, 0.2) is 43.1 Å². The van der Waals surface area contributed by atoms with Crippen molar-refractivity contribution in [2.24, 2.45) is 5.11 Å². The highest BCUT2D eigenvalue weighted by Crippen LogP contribution is 2.35. The first-order chi connectivity index (χ1) is 23.5. The summed E-state index contributed by atoms with van der Waals surface area (Å²) in [4.78, 5) is 87.6. The molecule has 50 heavy (non-hydrogen) atoms. The highest BCUT2D eigenvalue weighted by molar-refractivity contribution is 5.69. The molecule has 0 saturated carbocycles. The number of rotatable bonds is 16. The number of carbonyl (C=O) groups is 7. The molecular formula is C29H41N3O18. The van der Waals surface area contributed by atoms with Crippen LogP contribution >= 0.6 is 0 Å². The molecule has 0 aromatic carbocycles. The van der Waals surface area contributed by atoms with E-state index < -0.39 is 116 Å². The Hall–Kier alpha value is -4.56. The van der Waals surface area contributed by atoms with E-state index in [0.29, 0.717) is 0 Å². The Labute approximate surface area is 285 Å². The van der Waals surface area contributed by atoms with Gasteiger partial charge in [0, 0.05) is 59.9 Å². The van der Waals surface area contributed by atoms with Gasteiger partial charge in [-0.1, -0.05) is 5.11 Å². The SMILES string of the molecule is CC(=O)OCC1O[C@@H](O[C@H]2C(OC(C)=O)C(OC(C)=O)[C@@H](OCCCN=[N+]=[N-])O[C@@H]2COC(C)=O)C(OC(C)=O)[C@@H](OC(C)=O)[C@H]1OC(C)=O. The third-order valence-electron chi connectivity index (χ3n) is 6.63. The van der Waals surface area contributed by atoms with Crippen molar-refractivity contribution in [1.82, 2.24) is 0 Å². The molecule has 0 N–H and O–H groups in total. The smallest absolute Gasteiger partial charge is 0.303 e. The van der Waals surface area contributed by atoms with Crippen LogP contribution in [0, 0.1) is 0 Å². The van der Waals surface area contributed by atoms with E-state index in [-0.39, 0.29) is 19.6 Å². The second kappa shape index (κ2) is 20.2. The van der Waals surface area contributed by atoms with Crippen LogP contribution < -0.4 is 0 Å². The molecule has 0 radical (unpaired) electrons. The molecule has 0 aliphatic carbocycles. The van der Waals surface area contributed by atoms with Crippen molar-refractivity contribution in [3.8, 4) is 0 Å². The highest BCUT2D eigenvalue weighted by Gasteiger charge is 2.57. The fourth-order valence-corrected chi connectivity index (χ4v) is 4.99. The molecule has 2 rings (SSSR count). The molecule has 2 saturated heterocycles. The van der Waals surface area contributed by atoms with E-state index in [1.807, 2.05) is 0 Å². The maximum atomic E-state index is 12.4. The van der Waals surface area contributed by atoms with E-state index in [4.69, 9.17) is 57.6 Å². The molecule has 2 aliphatic rings. The molecular weight excluding hydrogens is 678 g/mol. The van der Waals surface area contributed by atoms with Crippen molar-refractivity contribution in [2.75, 3.05) is 26.4 Å². The molecule has 10 atom stereocenters. The molecule has 2 aliphatic heterocycles. The Bertz CT molecular complexity index is 1290. The molecule has 0 aromatic rings.